The smallest absolute Gasteiger partial charge is 0.333 e. The second kappa shape index (κ2) is 8.93. The minimum absolute atomic E-state index is 0.173. The molecule has 0 N–H and O–H groups in total. The maximum Gasteiger partial charge on any atom is 0.333 e. The van der Waals surface area contributed by atoms with Gasteiger partial charge in [-0.25, -0.2) is 4.79 Å². The molecule has 0 spiro atoms. The van der Waals surface area contributed by atoms with E-state index in [1.54, 1.807) is 14.0 Å². The van der Waals surface area contributed by atoms with Crippen molar-refractivity contribution >= 4 is 16.7 Å². The monoisotopic (exact) mass is 330 g/mol. The fourth-order valence-corrected chi connectivity index (χ4v) is 2.15. The molecular weight excluding hydrogens is 308 g/mol. The number of benzene rings is 2. The summed E-state index contributed by atoms with van der Waals surface area (Å²) >= 11 is 0. The van der Waals surface area contributed by atoms with Crippen molar-refractivity contribution in [1.29, 1.82) is 0 Å². The minimum Gasteiger partial charge on any atom is -0.491 e. The zero-order chi connectivity index (χ0) is 17.4. The number of ether oxygens (including phenoxy) is 4. The molecule has 0 saturated heterocycles. The van der Waals surface area contributed by atoms with Crippen LogP contribution in [-0.4, -0.2) is 39.5 Å². The van der Waals surface area contributed by atoms with Gasteiger partial charge in [-0.15, -0.1) is 0 Å². The van der Waals surface area contributed by atoms with Crippen LogP contribution in [0.25, 0.3) is 10.8 Å². The number of esters is 1. The summed E-state index contributed by atoms with van der Waals surface area (Å²) in [5.74, 6) is 1.09. The molecule has 0 aliphatic rings. The van der Waals surface area contributed by atoms with Gasteiger partial charge in [0, 0.05) is 23.5 Å². The fourth-order valence-electron chi connectivity index (χ4n) is 2.15. The van der Waals surface area contributed by atoms with Crippen LogP contribution in [0.4, 0.5) is 0 Å². The molecule has 0 fully saturated rings. The van der Waals surface area contributed by atoms with Gasteiger partial charge in [-0.3, -0.25) is 0 Å². The van der Waals surface area contributed by atoms with Gasteiger partial charge in [0.2, 0.25) is 0 Å². The van der Waals surface area contributed by atoms with Crippen LogP contribution in [-0.2, 0) is 14.3 Å². The number of rotatable bonds is 9. The Morgan fingerprint density at radius 3 is 1.96 bits per heavy atom. The van der Waals surface area contributed by atoms with Crippen molar-refractivity contribution in [3.8, 4) is 11.5 Å². The zero-order valence-corrected chi connectivity index (χ0v) is 14.0. The van der Waals surface area contributed by atoms with E-state index in [2.05, 4.69) is 6.58 Å². The molecule has 0 bridgehead atoms. The number of hydrogen-bond acceptors (Lipinski definition) is 5. The third-order valence-corrected chi connectivity index (χ3v) is 3.31. The Morgan fingerprint density at radius 1 is 0.917 bits per heavy atom. The number of carbonyl (C=O) groups excluding carboxylic acids is 1. The average molecular weight is 330 g/mol. The molecule has 0 heterocycles. The second-order valence-corrected chi connectivity index (χ2v) is 5.21. The lowest BCUT2D eigenvalue weighted by atomic mass is 10.1. The summed E-state index contributed by atoms with van der Waals surface area (Å²) in [7, 11) is 1.64. The number of methoxy groups -OCH3 is 1. The summed E-state index contributed by atoms with van der Waals surface area (Å²) in [6, 6.07) is 11.6. The van der Waals surface area contributed by atoms with Crippen molar-refractivity contribution in [2.45, 2.75) is 6.92 Å². The topological polar surface area (TPSA) is 54.0 Å². The highest BCUT2D eigenvalue weighted by molar-refractivity contribution is 5.93. The third kappa shape index (κ3) is 4.73. The van der Waals surface area contributed by atoms with Crippen molar-refractivity contribution in [2.24, 2.45) is 0 Å². The molecule has 128 valence electrons. The fraction of sp³-hybridized carbons (Fsp3) is 0.316. The Kier molecular flexibility index (Phi) is 6.63. The highest BCUT2D eigenvalue weighted by Gasteiger charge is 2.08. The van der Waals surface area contributed by atoms with E-state index in [9.17, 15) is 4.79 Å². The molecule has 24 heavy (non-hydrogen) atoms. The molecule has 5 nitrogen and oxygen atoms in total. The molecule has 0 saturated carbocycles. The predicted molar refractivity (Wildman–Crippen MR) is 92.6 cm³/mol. The quantitative estimate of drug-likeness (QED) is 0.401. The largest absolute Gasteiger partial charge is 0.491 e. The summed E-state index contributed by atoms with van der Waals surface area (Å²) in [5, 5.41) is 1.91. The lowest BCUT2D eigenvalue weighted by molar-refractivity contribution is -0.139. The zero-order valence-electron chi connectivity index (χ0n) is 14.0. The van der Waals surface area contributed by atoms with Crippen molar-refractivity contribution in [3.63, 3.8) is 0 Å². The van der Waals surface area contributed by atoms with Crippen molar-refractivity contribution in [2.75, 3.05) is 33.5 Å². The molecule has 0 radical (unpaired) electrons. The van der Waals surface area contributed by atoms with E-state index in [1.165, 1.54) is 0 Å². The van der Waals surface area contributed by atoms with Crippen LogP contribution in [0.15, 0.2) is 48.6 Å². The first-order valence-electron chi connectivity index (χ1n) is 7.72. The first-order chi connectivity index (χ1) is 11.6. The van der Waals surface area contributed by atoms with Crippen LogP contribution in [0, 0.1) is 0 Å². The molecule has 2 aromatic rings. The summed E-state index contributed by atoms with van der Waals surface area (Å²) in [5.41, 5.74) is 0.373. The standard InChI is InChI=1S/C19H22O5/c1-14(2)19(20)24-13-12-23-18-9-5-6-15-16(18)7-4-8-17(15)22-11-10-21-3/h4-9H,1,10-13H2,2-3H3. The van der Waals surface area contributed by atoms with Gasteiger partial charge in [-0.1, -0.05) is 30.8 Å². The number of fused-ring (bicyclic) bond motifs is 1. The molecule has 0 atom stereocenters. The van der Waals surface area contributed by atoms with E-state index in [0.29, 0.717) is 18.8 Å². The highest BCUT2D eigenvalue weighted by atomic mass is 16.6. The summed E-state index contributed by atoms with van der Waals surface area (Å²) < 4.78 is 21.5. The maximum atomic E-state index is 11.3. The summed E-state index contributed by atoms with van der Waals surface area (Å²) in [6.45, 7) is 6.60. The SMILES string of the molecule is C=C(C)C(=O)OCCOc1cccc2c(OCCOC)cccc12. The molecule has 0 aromatic heterocycles. The highest BCUT2D eigenvalue weighted by Crippen LogP contribution is 2.32. The van der Waals surface area contributed by atoms with Crippen LogP contribution in [0.2, 0.25) is 0 Å². The Balaban J connectivity index is 2.04. The Bertz CT molecular complexity index is 708. The lowest BCUT2D eigenvalue weighted by Gasteiger charge is -2.13. The molecule has 2 rings (SSSR count). The van der Waals surface area contributed by atoms with Gasteiger partial charge in [0.25, 0.3) is 0 Å². The van der Waals surface area contributed by atoms with Gasteiger partial charge in [-0.2, -0.15) is 0 Å². The van der Waals surface area contributed by atoms with Gasteiger partial charge < -0.3 is 18.9 Å². The second-order valence-electron chi connectivity index (χ2n) is 5.21. The number of hydrogen-bond donors (Lipinski definition) is 0. The van der Waals surface area contributed by atoms with Gasteiger partial charge in [-0.05, 0) is 19.1 Å². The van der Waals surface area contributed by atoms with E-state index in [0.717, 1.165) is 22.3 Å². The minimum atomic E-state index is -0.412. The van der Waals surface area contributed by atoms with Gasteiger partial charge in [0.05, 0.1) is 6.61 Å². The first-order valence-corrected chi connectivity index (χ1v) is 7.72. The molecule has 5 heteroatoms. The Hall–Kier alpha value is -2.53. The van der Waals surface area contributed by atoms with E-state index >= 15 is 0 Å². The van der Waals surface area contributed by atoms with Gasteiger partial charge >= 0.3 is 5.97 Å². The van der Waals surface area contributed by atoms with Crippen LogP contribution < -0.4 is 9.47 Å². The Morgan fingerprint density at radius 2 is 1.46 bits per heavy atom. The van der Waals surface area contributed by atoms with Crippen molar-refractivity contribution < 1.29 is 23.7 Å². The van der Waals surface area contributed by atoms with Crippen molar-refractivity contribution in [1.82, 2.24) is 0 Å². The van der Waals surface area contributed by atoms with Crippen molar-refractivity contribution in [3.05, 3.63) is 48.6 Å². The van der Waals surface area contributed by atoms with Crippen LogP contribution >= 0.6 is 0 Å². The van der Waals surface area contributed by atoms with Crippen LogP contribution in [0.5, 0.6) is 11.5 Å². The summed E-state index contributed by atoms with van der Waals surface area (Å²) in [4.78, 5) is 11.3. The van der Waals surface area contributed by atoms with E-state index in [4.69, 9.17) is 18.9 Å². The van der Waals surface area contributed by atoms with Crippen LogP contribution in [0.3, 0.4) is 0 Å². The first kappa shape index (κ1) is 17.8. The normalized spacial score (nSPS) is 10.4. The molecule has 0 amide bonds. The van der Waals surface area contributed by atoms with E-state index < -0.39 is 5.97 Å². The summed E-state index contributed by atoms with van der Waals surface area (Å²) in [6.07, 6.45) is 0. The molecule has 0 aliphatic carbocycles. The third-order valence-electron chi connectivity index (χ3n) is 3.31. The van der Waals surface area contributed by atoms with E-state index in [1.807, 2.05) is 36.4 Å². The lowest BCUT2D eigenvalue weighted by Crippen LogP contribution is -2.12. The molecular formula is C19H22O5. The average Bonchev–Trinajstić information content (AvgIpc) is 2.59. The van der Waals surface area contributed by atoms with Gasteiger partial charge in [0.15, 0.2) is 0 Å². The maximum absolute atomic E-state index is 11.3. The molecule has 0 unspecified atom stereocenters. The number of carbonyl (C=O) groups is 1. The molecule has 0 aliphatic heterocycles. The predicted octanol–water partition coefficient (Wildman–Crippen LogP) is 3.36. The van der Waals surface area contributed by atoms with E-state index in [-0.39, 0.29) is 13.2 Å². The van der Waals surface area contributed by atoms with Gasteiger partial charge in [0.1, 0.15) is 31.3 Å². The van der Waals surface area contributed by atoms with Crippen LogP contribution in [0.1, 0.15) is 6.92 Å². The Labute approximate surface area is 141 Å². The molecule has 2 aromatic carbocycles.